The van der Waals surface area contributed by atoms with Crippen LogP contribution in [0.3, 0.4) is 0 Å². The van der Waals surface area contributed by atoms with Crippen molar-refractivity contribution in [3.8, 4) is 0 Å². The number of hydrogen-bond donors (Lipinski definition) is 4. The van der Waals surface area contributed by atoms with Crippen molar-refractivity contribution >= 4 is 34.5 Å². The number of carboxylic acids is 2. The van der Waals surface area contributed by atoms with E-state index in [1.54, 1.807) is 0 Å². The average Bonchev–Trinajstić information content (AvgIpc) is 2.77. The Labute approximate surface area is 192 Å². The van der Waals surface area contributed by atoms with Gasteiger partial charge in [-0.1, -0.05) is 33.1 Å². The van der Waals surface area contributed by atoms with E-state index in [0.29, 0.717) is 0 Å². The van der Waals surface area contributed by atoms with Gasteiger partial charge < -0.3 is 20.8 Å². The summed E-state index contributed by atoms with van der Waals surface area (Å²) in [6.45, 7) is 5.71. The molecule has 0 bridgehead atoms. The summed E-state index contributed by atoms with van der Waals surface area (Å²) in [5.74, 6) is -3.48. The van der Waals surface area contributed by atoms with Crippen molar-refractivity contribution in [2.24, 2.45) is 5.92 Å². The minimum Gasteiger partial charge on any atom is -0.478 e. The van der Waals surface area contributed by atoms with Gasteiger partial charge in [-0.2, -0.15) is 0 Å². The normalized spacial score (nSPS) is 15.3. The maximum atomic E-state index is 13.2. The quantitative estimate of drug-likeness (QED) is 0.498. The Morgan fingerprint density at radius 3 is 1.67 bits per heavy atom. The fourth-order valence-electron chi connectivity index (χ4n) is 4.19. The molecule has 1 aliphatic carbocycles. The summed E-state index contributed by atoms with van der Waals surface area (Å²) < 4.78 is 0. The zero-order valence-corrected chi connectivity index (χ0v) is 19.1. The van der Waals surface area contributed by atoms with Crippen molar-refractivity contribution in [3.05, 3.63) is 46.5 Å². The molecular weight excluding hydrogens is 424 g/mol. The van der Waals surface area contributed by atoms with E-state index in [-0.39, 0.29) is 51.0 Å². The lowest BCUT2D eigenvalue weighted by Crippen LogP contribution is -2.37. The van der Waals surface area contributed by atoms with Crippen LogP contribution in [0.25, 0.3) is 10.8 Å². The maximum Gasteiger partial charge on any atom is 0.336 e. The molecule has 0 heterocycles. The van der Waals surface area contributed by atoms with Gasteiger partial charge in [-0.25, -0.2) is 9.59 Å². The molecule has 0 saturated heterocycles. The van der Waals surface area contributed by atoms with E-state index in [4.69, 9.17) is 0 Å². The minimum absolute atomic E-state index is 0.0206. The van der Waals surface area contributed by atoms with Crippen molar-refractivity contribution in [2.75, 3.05) is 0 Å². The van der Waals surface area contributed by atoms with Crippen LogP contribution in [0.4, 0.5) is 0 Å². The molecule has 176 valence electrons. The number of rotatable bonds is 7. The largest absolute Gasteiger partial charge is 0.478 e. The molecule has 4 N–H and O–H groups in total. The van der Waals surface area contributed by atoms with E-state index in [1.807, 2.05) is 20.8 Å². The molecule has 0 spiro atoms. The van der Waals surface area contributed by atoms with Gasteiger partial charge >= 0.3 is 11.9 Å². The van der Waals surface area contributed by atoms with E-state index >= 15 is 0 Å². The highest BCUT2D eigenvalue weighted by Crippen LogP contribution is 2.31. The first-order valence-electron chi connectivity index (χ1n) is 11.3. The Morgan fingerprint density at radius 2 is 1.21 bits per heavy atom. The number of amides is 2. The summed E-state index contributed by atoms with van der Waals surface area (Å²) >= 11 is 0. The van der Waals surface area contributed by atoms with E-state index < -0.39 is 23.8 Å². The van der Waals surface area contributed by atoms with Crippen LogP contribution in [0.1, 0.15) is 94.3 Å². The molecule has 1 unspecified atom stereocenters. The predicted molar refractivity (Wildman–Crippen MR) is 124 cm³/mol. The smallest absolute Gasteiger partial charge is 0.336 e. The molecule has 1 atom stereocenters. The van der Waals surface area contributed by atoms with E-state index in [9.17, 15) is 29.4 Å². The lowest BCUT2D eigenvalue weighted by atomic mass is 9.90. The number of carboxylic acid groups (broad SMARTS) is 2. The third-order valence-electron chi connectivity index (χ3n) is 6.41. The standard InChI is InChI=1S/C25H30N2O6/c1-13(2)14(3)26-22(28)16-9-10-17(23(29)27-15-7-5-4-6-8-15)21-19(25(32)33)12-11-18(20(16)21)24(30)31/h9-15H,4-8H2,1-3H3,(H,26,28)(H,27,29)(H,30,31)(H,32,33). The Balaban J connectivity index is 2.21. The molecule has 2 aromatic carbocycles. The molecule has 1 aliphatic rings. The first kappa shape index (κ1) is 24.2. The predicted octanol–water partition coefficient (Wildman–Crippen LogP) is 4.07. The van der Waals surface area contributed by atoms with Gasteiger partial charge in [0.2, 0.25) is 0 Å². The lowest BCUT2D eigenvalue weighted by molar-refractivity contribution is 0.0684. The van der Waals surface area contributed by atoms with Gasteiger partial charge in [0, 0.05) is 34.0 Å². The van der Waals surface area contributed by atoms with Crippen molar-refractivity contribution in [1.82, 2.24) is 10.6 Å². The van der Waals surface area contributed by atoms with Crippen LogP contribution in [-0.2, 0) is 0 Å². The Kier molecular flexibility index (Phi) is 7.36. The number of aromatic carboxylic acids is 2. The summed E-state index contributed by atoms with van der Waals surface area (Å²) in [6.07, 6.45) is 4.79. The fourth-order valence-corrected chi connectivity index (χ4v) is 4.19. The minimum atomic E-state index is -1.31. The van der Waals surface area contributed by atoms with Gasteiger partial charge in [0.1, 0.15) is 0 Å². The van der Waals surface area contributed by atoms with Gasteiger partial charge in [-0.3, -0.25) is 9.59 Å². The Morgan fingerprint density at radius 1 is 0.758 bits per heavy atom. The Bertz CT molecular complexity index is 1100. The summed E-state index contributed by atoms with van der Waals surface area (Å²) in [6, 6.07) is 4.93. The second kappa shape index (κ2) is 10.0. The molecule has 8 heteroatoms. The van der Waals surface area contributed by atoms with E-state index in [2.05, 4.69) is 10.6 Å². The molecule has 2 aromatic rings. The number of fused-ring (bicyclic) bond motifs is 1. The average molecular weight is 455 g/mol. The first-order valence-corrected chi connectivity index (χ1v) is 11.3. The summed E-state index contributed by atoms with van der Waals surface area (Å²) in [5, 5.41) is 25.3. The van der Waals surface area contributed by atoms with Crippen molar-refractivity contribution in [1.29, 1.82) is 0 Å². The van der Waals surface area contributed by atoms with Gasteiger partial charge in [0.25, 0.3) is 11.8 Å². The van der Waals surface area contributed by atoms with Crippen molar-refractivity contribution < 1.29 is 29.4 Å². The highest BCUT2D eigenvalue weighted by Gasteiger charge is 2.27. The monoisotopic (exact) mass is 454 g/mol. The molecule has 0 aromatic heterocycles. The zero-order valence-electron chi connectivity index (χ0n) is 19.1. The van der Waals surface area contributed by atoms with Crippen LogP contribution in [0.15, 0.2) is 24.3 Å². The van der Waals surface area contributed by atoms with Crippen LogP contribution >= 0.6 is 0 Å². The maximum absolute atomic E-state index is 13.2. The Hall–Kier alpha value is -3.42. The molecule has 2 amide bonds. The third-order valence-corrected chi connectivity index (χ3v) is 6.41. The molecule has 33 heavy (non-hydrogen) atoms. The van der Waals surface area contributed by atoms with E-state index in [1.165, 1.54) is 24.3 Å². The number of nitrogens with one attached hydrogen (secondary N) is 2. The first-order chi connectivity index (χ1) is 15.6. The SMILES string of the molecule is CC(C)C(C)NC(=O)c1ccc(C(=O)NC2CCCCC2)c2c(C(=O)O)ccc(C(=O)O)c12. The second-order valence-electron chi connectivity index (χ2n) is 9.00. The summed E-state index contributed by atoms with van der Waals surface area (Å²) in [4.78, 5) is 50.3. The topological polar surface area (TPSA) is 133 Å². The molecule has 1 saturated carbocycles. The zero-order chi connectivity index (χ0) is 24.3. The van der Waals surface area contributed by atoms with Crippen molar-refractivity contribution in [3.63, 3.8) is 0 Å². The number of carbonyl (C=O) groups is 4. The molecular formula is C25H30N2O6. The number of benzene rings is 2. The summed E-state index contributed by atoms with van der Waals surface area (Å²) in [5.41, 5.74) is -0.392. The van der Waals surface area contributed by atoms with Crippen molar-refractivity contribution in [2.45, 2.75) is 65.0 Å². The molecule has 8 nitrogen and oxygen atoms in total. The van der Waals surface area contributed by atoms with Gasteiger partial charge in [-0.05, 0) is 49.9 Å². The van der Waals surface area contributed by atoms with E-state index in [0.717, 1.165) is 32.1 Å². The van der Waals surface area contributed by atoms with Crippen LogP contribution in [0.5, 0.6) is 0 Å². The third kappa shape index (κ3) is 5.16. The van der Waals surface area contributed by atoms with Gasteiger partial charge in [-0.15, -0.1) is 0 Å². The van der Waals surface area contributed by atoms with Gasteiger partial charge in [0.05, 0.1) is 11.1 Å². The highest BCUT2D eigenvalue weighted by atomic mass is 16.4. The highest BCUT2D eigenvalue weighted by molar-refractivity contribution is 6.23. The van der Waals surface area contributed by atoms with Crippen LogP contribution in [0, 0.1) is 5.92 Å². The molecule has 0 radical (unpaired) electrons. The fraction of sp³-hybridized carbons (Fsp3) is 0.440. The van der Waals surface area contributed by atoms with Crippen LogP contribution in [0.2, 0.25) is 0 Å². The number of carbonyl (C=O) groups excluding carboxylic acids is 2. The summed E-state index contributed by atoms with van der Waals surface area (Å²) in [7, 11) is 0. The second-order valence-corrected chi connectivity index (χ2v) is 9.00. The molecule has 0 aliphatic heterocycles. The lowest BCUT2D eigenvalue weighted by Gasteiger charge is -2.24. The number of hydrogen-bond acceptors (Lipinski definition) is 4. The van der Waals surface area contributed by atoms with Crippen LogP contribution < -0.4 is 10.6 Å². The molecule has 3 rings (SSSR count). The van der Waals surface area contributed by atoms with Crippen LogP contribution in [-0.4, -0.2) is 46.0 Å². The molecule has 1 fully saturated rings. The van der Waals surface area contributed by atoms with Gasteiger partial charge in [0.15, 0.2) is 0 Å².